The molecular weight excluding hydrogens is 1800 g/mol. The largest absolute Gasteiger partial charge is 0.544 e. The highest BCUT2D eigenvalue weighted by molar-refractivity contribution is 5.77. The standard InChI is InChI=1S/C80H133N5O48/c1-7-8-9-10-11-12-13-14-15-16-17-18-19-20-39(98)38(81-32-92)30-120-72-60(110)59(109)63(48(28-90)123-72)125-74-62(112)70(133-80(77(117)118)23-42(101)52(84-35(4)95)68(131-80)58(108)47(27-89)128-78(75(113)114)21-40(99)51(83-34(3)94)67(129-78)55(105)44(103)31-119-37(6)97)64(49(29-91)124-74)126-71-53(85-36(5)96)65(56(106)45(25-87)121-71)127-73-61(111)69(57(107)46(26-88)122-73)132-79(76(115)116)22-41(100)50(82-33(2)93)66(130-79)54(104)43(102)24-86/h19-20,32,38-74,86-91,98-112H,7-18,21-31H2,1-6H3,(H,81,92)(H,82,93)(H,83,94)(H,84,95)(H,85,96)(H,113,114)(H,115,116)(H,117,118)/p-3/b20-19+/t38-,39+,40-,41-,42-,43+,44+,45+,46+,47+,48+,49+,50+,51+,52+,53+,54+,55+,56-,57-,58+,59+,60+,61+,62+,63+,64-,65+,66+,67+,68+,69-,70+,71-,72+,73-,74-,78+,79-,80-/m0/s1. The second-order valence-corrected chi connectivity index (χ2v) is 33.8. The fourth-order valence-electron chi connectivity index (χ4n) is 16.8. The number of carbonyl (C=O) groups excluding carboxylic acids is 9. The van der Waals surface area contributed by atoms with Gasteiger partial charge in [0.2, 0.25) is 47.4 Å². The van der Waals surface area contributed by atoms with Crippen LogP contribution in [-0.4, -0.2) is 458 Å². The molecule has 0 unspecified atom stereocenters. The van der Waals surface area contributed by atoms with E-state index in [9.17, 15) is 166 Å². The number of nitrogens with one attached hydrogen (secondary N) is 5. The summed E-state index contributed by atoms with van der Waals surface area (Å²) in [4.78, 5) is 116. The Kier molecular flexibility index (Phi) is 44.9. The van der Waals surface area contributed by atoms with E-state index in [1.54, 1.807) is 6.08 Å². The Morgan fingerprint density at radius 2 is 0.827 bits per heavy atom. The van der Waals surface area contributed by atoms with Crippen LogP contribution in [0.25, 0.3) is 0 Å². The molecule has 7 aliphatic rings. The van der Waals surface area contributed by atoms with Crippen molar-refractivity contribution in [3.63, 3.8) is 0 Å². The average Bonchev–Trinajstić information content (AvgIpc) is 0.747. The van der Waals surface area contributed by atoms with Gasteiger partial charge in [-0.2, -0.15) is 0 Å². The lowest BCUT2D eigenvalue weighted by atomic mass is 9.87. The lowest BCUT2D eigenvalue weighted by Crippen LogP contribution is -2.74. The number of hydrogen-bond acceptors (Lipinski definition) is 48. The monoisotopic (exact) mass is 1930 g/mol. The predicted molar refractivity (Wildman–Crippen MR) is 424 cm³/mol. The van der Waals surface area contributed by atoms with Gasteiger partial charge in [-0.15, -0.1) is 0 Å². The minimum Gasteiger partial charge on any atom is -0.544 e. The Morgan fingerprint density at radius 1 is 0.429 bits per heavy atom. The van der Waals surface area contributed by atoms with E-state index in [-0.39, 0.29) is 6.41 Å². The number of carbonyl (C=O) groups is 9. The maximum absolute atomic E-state index is 14.4. The van der Waals surface area contributed by atoms with Gasteiger partial charge in [-0.3, -0.25) is 28.8 Å². The lowest BCUT2D eigenvalue weighted by Gasteiger charge is -2.54. The third-order valence-corrected chi connectivity index (χ3v) is 23.7. The lowest BCUT2D eigenvalue weighted by molar-refractivity contribution is -0.424. The first-order valence-electron chi connectivity index (χ1n) is 43.7. The van der Waals surface area contributed by atoms with Crippen LogP contribution >= 0.6 is 0 Å². The number of ether oxygens (including phenoxy) is 15. The van der Waals surface area contributed by atoms with Crippen LogP contribution in [0, 0.1) is 0 Å². The molecule has 0 aromatic heterocycles. The van der Waals surface area contributed by atoms with E-state index in [2.05, 4.69) is 33.5 Å². The SMILES string of the molecule is CCCCCCCCCCCCC/C=C/[C@@H](O)[C@H](CO[C@@H]1O[C@H](CO)[C@@H](O[C@@H]2O[C@H](CO)[C@H](O[C@@H]3O[C@H](CO)[C@H](O)[C@H](O[C@@H]4O[C@H](CO)[C@H](O)[C@H](O[C@]5(C(=O)[O-])C[C@H](O)[C@@H](NC(C)=O)[C@H]([C@H](O)[C@H](O)CO)O5)[C@H]4O)[C@H]3NC(C)=O)[C@H](O[C@]3(C(=O)[O-])C[C@H](O)[C@@H](NC(C)=O)[C@H]([C@H](O)[C@@H](CO)O[C@]4(C(=O)[O-])C[C@H](O)[C@@H](NC(C)=O)[C@H]([C@H](O)[C@H](O)COC(C)=O)O4)O3)[C@H]2O)[C@H](O)[C@H]1O)NC=O. The molecular formula is C80H130N5O48-3. The zero-order valence-corrected chi connectivity index (χ0v) is 73.8. The van der Waals surface area contributed by atoms with Gasteiger partial charge in [0.1, 0.15) is 177 Å². The molecule has 0 aromatic rings. The minimum atomic E-state index is -3.95. The molecule has 5 amide bonds. The van der Waals surface area contributed by atoms with Gasteiger partial charge in [0.25, 0.3) is 0 Å². The fraction of sp³-hybridized carbons (Fsp3) is 0.863. The van der Waals surface area contributed by atoms with Crippen molar-refractivity contribution in [2.45, 2.75) is 381 Å². The van der Waals surface area contributed by atoms with Crippen molar-refractivity contribution in [1.82, 2.24) is 26.6 Å². The van der Waals surface area contributed by atoms with Gasteiger partial charge in [-0.1, -0.05) is 83.3 Å². The molecule has 0 radical (unpaired) electrons. The molecule has 7 aliphatic heterocycles. The summed E-state index contributed by atoms with van der Waals surface area (Å²) < 4.78 is 87.7. The normalized spacial score (nSPS) is 37.9. The molecule has 7 rings (SSSR count). The maximum atomic E-state index is 14.4. The molecule has 53 nitrogen and oxygen atoms in total. The Hall–Kier alpha value is -6.43. The number of aliphatic hydroxyl groups is 21. The second-order valence-electron chi connectivity index (χ2n) is 33.8. The van der Waals surface area contributed by atoms with Crippen molar-refractivity contribution in [1.29, 1.82) is 0 Å². The van der Waals surface area contributed by atoms with E-state index in [4.69, 9.17) is 71.1 Å². The highest BCUT2D eigenvalue weighted by Crippen LogP contribution is 2.44. The van der Waals surface area contributed by atoms with Crippen molar-refractivity contribution in [2.24, 2.45) is 0 Å². The number of aliphatic hydroxyl groups excluding tert-OH is 21. The molecule has 0 aromatic carbocycles. The molecule has 0 aliphatic carbocycles. The summed E-state index contributed by atoms with van der Waals surface area (Å²) in [6.45, 7) is -3.75. The highest BCUT2D eigenvalue weighted by Gasteiger charge is 2.64. The van der Waals surface area contributed by atoms with E-state index in [1.807, 2.05) is 0 Å². The van der Waals surface area contributed by atoms with Gasteiger partial charge in [0.05, 0.1) is 94.8 Å². The number of carboxylic acid groups (broad SMARTS) is 3. The van der Waals surface area contributed by atoms with E-state index >= 15 is 0 Å². The number of rotatable bonds is 52. The molecule has 0 bridgehead atoms. The van der Waals surface area contributed by atoms with Gasteiger partial charge in [-0.05, 0) is 12.8 Å². The summed E-state index contributed by atoms with van der Waals surface area (Å²) in [6, 6.07) is -9.59. The number of allylic oxidation sites excluding steroid dienone is 1. The molecule has 26 N–H and O–H groups in total. The first-order valence-corrected chi connectivity index (χ1v) is 43.7. The van der Waals surface area contributed by atoms with Crippen LogP contribution in [0.2, 0.25) is 0 Å². The summed E-state index contributed by atoms with van der Waals surface area (Å²) in [5, 5.41) is 293. The fourth-order valence-corrected chi connectivity index (χ4v) is 16.8. The highest BCUT2D eigenvalue weighted by atomic mass is 16.8. The number of hydrogen-bond donors (Lipinski definition) is 26. The van der Waals surface area contributed by atoms with Crippen LogP contribution in [0.1, 0.15) is 138 Å². The number of unbranched alkanes of at least 4 members (excludes halogenated alkanes) is 11. The number of carboxylic acids is 3. The van der Waals surface area contributed by atoms with Crippen molar-refractivity contribution in [3.05, 3.63) is 12.2 Å². The van der Waals surface area contributed by atoms with E-state index in [0.717, 1.165) is 79.6 Å². The minimum absolute atomic E-state index is 0.228. The average molecular weight is 1930 g/mol. The first-order chi connectivity index (χ1) is 62.8. The Balaban J connectivity index is 1.29. The van der Waals surface area contributed by atoms with Crippen LogP contribution in [0.5, 0.6) is 0 Å². The van der Waals surface area contributed by atoms with Crippen LogP contribution in [0.3, 0.4) is 0 Å². The summed E-state index contributed by atoms with van der Waals surface area (Å²) in [5.41, 5.74) is 0. The first kappa shape index (κ1) is 114. The number of aliphatic carboxylic acids is 3. The molecule has 133 heavy (non-hydrogen) atoms. The number of amides is 5. The van der Waals surface area contributed by atoms with E-state index < -0.39 is 363 Å². The molecule has 0 saturated carbocycles. The summed E-state index contributed by atoms with van der Waals surface area (Å²) in [6.07, 6.45) is -66.0. The Bertz CT molecular complexity index is 3680. The molecule has 7 saturated heterocycles. The molecule has 7 fully saturated rings. The van der Waals surface area contributed by atoms with Crippen LogP contribution in [0.4, 0.5) is 0 Å². The third kappa shape index (κ3) is 29.1. The van der Waals surface area contributed by atoms with E-state index in [0.29, 0.717) is 6.42 Å². The molecule has 0 spiro atoms. The van der Waals surface area contributed by atoms with Gasteiger partial charge >= 0.3 is 5.97 Å². The van der Waals surface area contributed by atoms with Crippen molar-refractivity contribution in [2.75, 3.05) is 52.9 Å². The zero-order valence-electron chi connectivity index (χ0n) is 73.8. The van der Waals surface area contributed by atoms with Crippen LogP contribution < -0.4 is 41.9 Å². The van der Waals surface area contributed by atoms with Gasteiger partial charge in [0.15, 0.2) is 25.2 Å². The number of esters is 1. The van der Waals surface area contributed by atoms with Gasteiger partial charge in [0, 0.05) is 53.9 Å². The van der Waals surface area contributed by atoms with Crippen LogP contribution in [-0.2, 0) is 114 Å². The zero-order chi connectivity index (χ0) is 99.0. The summed E-state index contributed by atoms with van der Waals surface area (Å²) >= 11 is 0. The summed E-state index contributed by atoms with van der Waals surface area (Å²) in [7, 11) is 0. The smallest absolute Gasteiger partial charge is 0.302 e. The maximum Gasteiger partial charge on any atom is 0.302 e. The van der Waals surface area contributed by atoms with Crippen molar-refractivity contribution in [3.8, 4) is 0 Å². The molecule has 7 heterocycles. The predicted octanol–water partition coefficient (Wildman–Crippen LogP) is -16.8. The third-order valence-electron chi connectivity index (χ3n) is 23.7. The van der Waals surface area contributed by atoms with E-state index in [1.165, 1.54) is 31.8 Å². The molecule has 766 valence electrons. The second kappa shape index (κ2) is 52.5. The van der Waals surface area contributed by atoms with Crippen molar-refractivity contribution < 1.29 is 237 Å². The quantitative estimate of drug-likeness (QED) is 0.0116. The van der Waals surface area contributed by atoms with Crippen LogP contribution in [0.15, 0.2) is 12.2 Å². The Morgan fingerprint density at radius 3 is 1.29 bits per heavy atom. The van der Waals surface area contributed by atoms with Gasteiger partial charge in [-0.25, -0.2) is 0 Å². The Labute approximate surface area is 761 Å². The molecule has 53 heteroatoms. The summed E-state index contributed by atoms with van der Waals surface area (Å²) in [5.74, 6) is -24.1. The topological polar surface area (TPSA) is 846 Å². The van der Waals surface area contributed by atoms with Crippen molar-refractivity contribution >= 4 is 53.9 Å². The molecule has 40 atom stereocenters. The van der Waals surface area contributed by atoms with Gasteiger partial charge < -0.3 is 235 Å².